The van der Waals surface area contributed by atoms with Crippen LogP contribution in [0.3, 0.4) is 0 Å². The van der Waals surface area contributed by atoms with E-state index in [4.69, 9.17) is 10.2 Å². The lowest BCUT2D eigenvalue weighted by Gasteiger charge is -2.08. The third-order valence-corrected chi connectivity index (χ3v) is 2.47. The first-order valence-corrected chi connectivity index (χ1v) is 5.37. The molecule has 7 heteroatoms. The van der Waals surface area contributed by atoms with Gasteiger partial charge < -0.3 is 10.2 Å². The third-order valence-electron chi connectivity index (χ3n) is 2.47. The molecule has 1 atom stereocenters. The molecule has 0 amide bonds. The molecule has 2 N–H and O–H groups in total. The van der Waals surface area contributed by atoms with Gasteiger partial charge in [-0.15, -0.1) is 0 Å². The fourth-order valence-electron chi connectivity index (χ4n) is 1.53. The van der Waals surface area contributed by atoms with Gasteiger partial charge >= 0.3 is 6.18 Å². The van der Waals surface area contributed by atoms with Crippen LogP contribution in [0, 0.1) is 5.82 Å². The molecule has 0 aliphatic heterocycles. The van der Waals surface area contributed by atoms with E-state index < -0.39 is 23.6 Å². The Morgan fingerprint density at radius 1 is 1.32 bits per heavy atom. The smallest absolute Gasteiger partial charge is 0.419 e. The zero-order valence-corrected chi connectivity index (χ0v) is 9.83. The molecule has 2 rings (SSSR count). The maximum absolute atomic E-state index is 13.1. The normalized spacial score (nSPS) is 13.6. The van der Waals surface area contributed by atoms with Crippen molar-refractivity contribution in [3.05, 3.63) is 41.7 Å². The minimum atomic E-state index is -4.76. The zero-order chi connectivity index (χ0) is 14.2. The van der Waals surface area contributed by atoms with E-state index in [9.17, 15) is 17.6 Å². The Kier molecular flexibility index (Phi) is 3.32. The molecule has 1 heterocycles. The zero-order valence-electron chi connectivity index (χ0n) is 9.83. The highest BCUT2D eigenvalue weighted by atomic mass is 19.4. The Balaban J connectivity index is 2.45. The van der Waals surface area contributed by atoms with Crippen LogP contribution in [0.25, 0.3) is 11.3 Å². The van der Waals surface area contributed by atoms with Crippen molar-refractivity contribution < 1.29 is 22.0 Å². The van der Waals surface area contributed by atoms with E-state index in [1.54, 1.807) is 6.92 Å². The van der Waals surface area contributed by atoms with Crippen molar-refractivity contribution in [1.29, 1.82) is 0 Å². The number of benzene rings is 1. The second-order valence-corrected chi connectivity index (χ2v) is 4.04. The molecule has 0 bridgehead atoms. The van der Waals surface area contributed by atoms with Crippen molar-refractivity contribution in [2.45, 2.75) is 19.1 Å². The van der Waals surface area contributed by atoms with Crippen molar-refractivity contribution in [1.82, 2.24) is 4.98 Å². The predicted octanol–water partition coefficient (Wildman–Crippen LogP) is 3.52. The molecule has 0 saturated carbocycles. The molecule has 19 heavy (non-hydrogen) atoms. The number of nitrogens with two attached hydrogens (primary N) is 1. The standard InChI is InChI=1S/C12H10F4N2O/c1-6(17)11-18-5-10(19-11)7-2-3-9(13)8(4-7)12(14,15)16/h2-6H,17H2,1H3. The average molecular weight is 274 g/mol. The Morgan fingerprint density at radius 3 is 2.53 bits per heavy atom. The molecule has 0 radical (unpaired) electrons. The van der Waals surface area contributed by atoms with Crippen molar-refractivity contribution >= 4 is 0 Å². The molecule has 0 aliphatic rings. The van der Waals surface area contributed by atoms with E-state index >= 15 is 0 Å². The van der Waals surface area contributed by atoms with E-state index in [1.807, 2.05) is 0 Å². The van der Waals surface area contributed by atoms with Crippen molar-refractivity contribution in [3.63, 3.8) is 0 Å². The highest BCUT2D eigenvalue weighted by molar-refractivity contribution is 5.58. The van der Waals surface area contributed by atoms with Gasteiger partial charge in [0.15, 0.2) is 5.76 Å². The van der Waals surface area contributed by atoms with Crippen LogP contribution in [0.5, 0.6) is 0 Å². The van der Waals surface area contributed by atoms with E-state index in [1.165, 1.54) is 12.3 Å². The van der Waals surface area contributed by atoms with Gasteiger partial charge in [-0.3, -0.25) is 0 Å². The molecule has 0 aliphatic carbocycles. The topological polar surface area (TPSA) is 52.0 Å². The first kappa shape index (κ1) is 13.5. The quantitative estimate of drug-likeness (QED) is 0.852. The molecule has 102 valence electrons. The maximum atomic E-state index is 13.1. The Labute approximate surface area is 106 Å². The SMILES string of the molecule is CC(N)c1ncc(-c2ccc(F)c(C(F)(F)F)c2)o1. The number of hydrogen-bond donors (Lipinski definition) is 1. The van der Waals surface area contributed by atoms with Crippen molar-refractivity contribution in [3.8, 4) is 11.3 Å². The van der Waals surface area contributed by atoms with Gasteiger partial charge in [0, 0.05) is 5.56 Å². The number of aromatic nitrogens is 1. The molecule has 1 aromatic carbocycles. The molecule has 3 nitrogen and oxygen atoms in total. The summed E-state index contributed by atoms with van der Waals surface area (Å²) in [5.74, 6) is -1.02. The molecule has 0 saturated heterocycles. The molecule has 1 aromatic heterocycles. The van der Waals surface area contributed by atoms with Crippen LogP contribution in [-0.4, -0.2) is 4.98 Å². The minimum Gasteiger partial charge on any atom is -0.439 e. The lowest BCUT2D eigenvalue weighted by molar-refractivity contribution is -0.139. The summed E-state index contributed by atoms with van der Waals surface area (Å²) in [7, 11) is 0. The van der Waals surface area contributed by atoms with Crippen LogP contribution in [0.15, 0.2) is 28.8 Å². The monoisotopic (exact) mass is 274 g/mol. The summed E-state index contributed by atoms with van der Waals surface area (Å²) >= 11 is 0. The summed E-state index contributed by atoms with van der Waals surface area (Å²) in [5.41, 5.74) is 4.28. The van der Waals surface area contributed by atoms with E-state index in [-0.39, 0.29) is 17.2 Å². The Bertz CT molecular complexity index is 590. The highest BCUT2D eigenvalue weighted by Crippen LogP contribution is 2.34. The largest absolute Gasteiger partial charge is 0.439 e. The molecular weight excluding hydrogens is 264 g/mol. The van der Waals surface area contributed by atoms with Crippen LogP contribution < -0.4 is 5.73 Å². The number of nitrogens with zero attached hydrogens (tertiary/aromatic N) is 1. The highest BCUT2D eigenvalue weighted by Gasteiger charge is 2.34. The van der Waals surface area contributed by atoms with Gasteiger partial charge in [-0.25, -0.2) is 9.37 Å². The van der Waals surface area contributed by atoms with E-state index in [0.717, 1.165) is 6.07 Å². The number of oxazole rings is 1. The molecule has 0 fully saturated rings. The van der Waals surface area contributed by atoms with Gasteiger partial charge in [0.05, 0.1) is 17.8 Å². The van der Waals surface area contributed by atoms with Crippen molar-refractivity contribution in [2.75, 3.05) is 0 Å². The minimum absolute atomic E-state index is 0.0909. The number of alkyl halides is 3. The van der Waals surface area contributed by atoms with Crippen molar-refractivity contribution in [2.24, 2.45) is 5.73 Å². The summed E-state index contributed by atoms with van der Waals surface area (Å²) < 4.78 is 56.1. The fourth-order valence-corrected chi connectivity index (χ4v) is 1.53. The first-order valence-electron chi connectivity index (χ1n) is 5.37. The summed E-state index contributed by atoms with van der Waals surface area (Å²) in [6.07, 6.45) is -3.50. The Hall–Kier alpha value is -1.89. The van der Waals surface area contributed by atoms with Crippen LogP contribution in [0.2, 0.25) is 0 Å². The second kappa shape index (κ2) is 4.65. The van der Waals surface area contributed by atoms with Gasteiger partial charge in [0.25, 0.3) is 0 Å². The molecule has 0 spiro atoms. The molecule has 2 aromatic rings. The summed E-state index contributed by atoms with van der Waals surface area (Å²) in [4.78, 5) is 3.84. The average Bonchev–Trinajstić information content (AvgIpc) is 2.77. The second-order valence-electron chi connectivity index (χ2n) is 4.04. The maximum Gasteiger partial charge on any atom is 0.419 e. The molecule has 1 unspecified atom stereocenters. The van der Waals surface area contributed by atoms with Gasteiger partial charge in [-0.2, -0.15) is 13.2 Å². The lowest BCUT2D eigenvalue weighted by atomic mass is 10.1. The van der Waals surface area contributed by atoms with Crippen LogP contribution in [0.4, 0.5) is 17.6 Å². The van der Waals surface area contributed by atoms with E-state index in [2.05, 4.69) is 4.98 Å². The fraction of sp³-hybridized carbons (Fsp3) is 0.250. The third kappa shape index (κ3) is 2.76. The summed E-state index contributed by atoms with van der Waals surface area (Å²) in [6, 6.07) is 2.14. The lowest BCUT2D eigenvalue weighted by Crippen LogP contribution is -2.08. The van der Waals surface area contributed by atoms with Gasteiger partial charge in [-0.05, 0) is 25.1 Å². The van der Waals surface area contributed by atoms with E-state index in [0.29, 0.717) is 6.07 Å². The predicted molar refractivity (Wildman–Crippen MR) is 59.5 cm³/mol. The van der Waals surface area contributed by atoms with Crippen LogP contribution in [0.1, 0.15) is 24.4 Å². The number of rotatable bonds is 2. The summed E-state index contributed by atoms with van der Waals surface area (Å²) in [6.45, 7) is 1.63. The number of hydrogen-bond acceptors (Lipinski definition) is 3. The van der Waals surface area contributed by atoms with Gasteiger partial charge in [0.2, 0.25) is 5.89 Å². The van der Waals surface area contributed by atoms with Crippen LogP contribution >= 0.6 is 0 Å². The molecular formula is C12H10F4N2O. The summed E-state index contributed by atoms with van der Waals surface area (Å²) in [5, 5.41) is 0. The van der Waals surface area contributed by atoms with Gasteiger partial charge in [0.1, 0.15) is 5.82 Å². The first-order chi connectivity index (χ1) is 8.79. The van der Waals surface area contributed by atoms with Crippen LogP contribution in [-0.2, 0) is 6.18 Å². The van der Waals surface area contributed by atoms with Gasteiger partial charge in [-0.1, -0.05) is 0 Å². The number of halogens is 4. The Morgan fingerprint density at radius 2 is 2.00 bits per heavy atom.